The van der Waals surface area contributed by atoms with Gasteiger partial charge in [-0.2, -0.15) is 10.2 Å². The lowest BCUT2D eigenvalue weighted by molar-refractivity contribution is -0.0731. The SMILES string of the molecule is CC(C)(C)C(O)C(Cn1cncn1)Oc1ccc(Cl)cc1.CC(C)(C)C(O)C(Oc1ccc(Cl)cc1)n1cncn1. The number of aliphatic hydroxyl groups excluding tert-OH is 2. The predicted molar refractivity (Wildman–Crippen MR) is 158 cm³/mol. The highest BCUT2D eigenvalue weighted by Crippen LogP contribution is 2.30. The maximum Gasteiger partial charge on any atom is 0.219 e. The van der Waals surface area contributed by atoms with Crippen LogP contribution in [0.4, 0.5) is 0 Å². The molecule has 2 aromatic heterocycles. The van der Waals surface area contributed by atoms with Crippen LogP contribution in [-0.2, 0) is 6.54 Å². The van der Waals surface area contributed by atoms with E-state index in [1.807, 2.05) is 41.5 Å². The quantitative estimate of drug-likeness (QED) is 0.249. The fourth-order valence-electron chi connectivity index (χ4n) is 3.65. The van der Waals surface area contributed by atoms with Gasteiger partial charge in [0.05, 0.1) is 12.6 Å². The third-order valence-corrected chi connectivity index (χ3v) is 6.60. The molecule has 4 unspecified atom stereocenters. The average Bonchev–Trinajstić information content (AvgIpc) is 3.63. The number of halogens is 2. The summed E-state index contributed by atoms with van der Waals surface area (Å²) in [7, 11) is 0. The number of aliphatic hydroxyl groups is 2. The number of nitrogens with zero attached hydrogens (tertiary/aromatic N) is 6. The lowest BCUT2D eigenvalue weighted by atomic mass is 9.85. The molecule has 4 aromatic rings. The van der Waals surface area contributed by atoms with Gasteiger partial charge in [-0.25, -0.2) is 19.3 Å². The number of benzene rings is 2. The first-order valence-corrected chi connectivity index (χ1v) is 13.9. The minimum Gasteiger partial charge on any atom is -0.486 e. The Morgan fingerprint density at radius 1 is 0.707 bits per heavy atom. The molecule has 4 atom stereocenters. The van der Waals surface area contributed by atoms with E-state index in [1.165, 1.54) is 23.7 Å². The van der Waals surface area contributed by atoms with E-state index in [4.69, 9.17) is 32.7 Å². The summed E-state index contributed by atoms with van der Waals surface area (Å²) in [6, 6.07) is 14.1. The van der Waals surface area contributed by atoms with E-state index >= 15 is 0 Å². The number of hydrogen-bond acceptors (Lipinski definition) is 8. The van der Waals surface area contributed by atoms with E-state index in [2.05, 4.69) is 20.2 Å². The Morgan fingerprint density at radius 2 is 1.20 bits per heavy atom. The molecule has 2 aromatic carbocycles. The molecule has 10 nitrogen and oxygen atoms in total. The number of ether oxygens (including phenoxy) is 2. The molecule has 0 radical (unpaired) electrons. The number of rotatable bonds is 9. The highest BCUT2D eigenvalue weighted by atomic mass is 35.5. The molecule has 4 rings (SSSR count). The van der Waals surface area contributed by atoms with Crippen molar-refractivity contribution in [3.05, 3.63) is 83.9 Å². The van der Waals surface area contributed by atoms with Crippen LogP contribution in [0.25, 0.3) is 0 Å². The summed E-state index contributed by atoms with van der Waals surface area (Å²) in [4.78, 5) is 7.82. The van der Waals surface area contributed by atoms with E-state index < -0.39 is 24.5 Å². The Morgan fingerprint density at radius 3 is 1.63 bits per heavy atom. The summed E-state index contributed by atoms with van der Waals surface area (Å²) >= 11 is 11.7. The van der Waals surface area contributed by atoms with Crippen LogP contribution in [0.2, 0.25) is 10.0 Å². The van der Waals surface area contributed by atoms with Crippen LogP contribution < -0.4 is 9.47 Å². The fourth-order valence-corrected chi connectivity index (χ4v) is 3.90. The van der Waals surface area contributed by atoms with Crippen LogP contribution in [0.5, 0.6) is 11.5 Å². The molecule has 2 N–H and O–H groups in total. The Hall–Kier alpha value is -3.18. The zero-order valence-electron chi connectivity index (χ0n) is 24.1. The first-order chi connectivity index (χ1) is 19.2. The van der Waals surface area contributed by atoms with Gasteiger partial charge in [0.1, 0.15) is 49.0 Å². The summed E-state index contributed by atoms with van der Waals surface area (Å²) in [5, 5.41) is 30.4. The van der Waals surface area contributed by atoms with Gasteiger partial charge in [-0.1, -0.05) is 64.7 Å². The van der Waals surface area contributed by atoms with Crippen LogP contribution in [-0.4, -0.2) is 58.1 Å². The van der Waals surface area contributed by atoms with Gasteiger partial charge in [0.15, 0.2) is 0 Å². The standard InChI is InChI=1S/C15H20ClN3O2.C14H18ClN3O2/c1-15(2,3)14(20)13(8-19-10-17-9-18-19)21-12-6-4-11(16)5-7-12;1-14(2,3)12(19)13(18-9-16-8-17-18)20-11-6-4-10(15)5-7-11/h4-7,9-10,13-14,20H,8H2,1-3H3;4-9,12-13,19H,1-3H3. The van der Waals surface area contributed by atoms with E-state index in [0.717, 1.165) is 0 Å². The molecule has 0 saturated heterocycles. The van der Waals surface area contributed by atoms with Crippen molar-refractivity contribution in [2.45, 2.75) is 72.6 Å². The molecule has 0 spiro atoms. The summed E-state index contributed by atoms with van der Waals surface area (Å²) in [6.45, 7) is 12.1. The molecular formula is C29H38Cl2N6O4. The Labute approximate surface area is 250 Å². The molecule has 41 heavy (non-hydrogen) atoms. The molecule has 222 valence electrons. The first kappa shape index (κ1) is 32.3. The Bertz CT molecular complexity index is 1290. The minimum absolute atomic E-state index is 0.308. The lowest BCUT2D eigenvalue weighted by Gasteiger charge is -2.33. The van der Waals surface area contributed by atoms with Crippen LogP contribution >= 0.6 is 23.2 Å². The minimum atomic E-state index is -0.750. The Balaban J connectivity index is 0.000000226. The number of hydrogen-bond donors (Lipinski definition) is 2. The molecule has 0 aliphatic carbocycles. The zero-order chi connectivity index (χ0) is 30.2. The van der Waals surface area contributed by atoms with Crippen molar-refractivity contribution in [1.29, 1.82) is 0 Å². The molecule has 12 heteroatoms. The summed E-state index contributed by atoms with van der Waals surface area (Å²) in [5.41, 5.74) is -0.666. The summed E-state index contributed by atoms with van der Waals surface area (Å²) in [5.74, 6) is 1.27. The zero-order valence-corrected chi connectivity index (χ0v) is 25.6. The first-order valence-electron chi connectivity index (χ1n) is 13.1. The molecule has 0 aliphatic rings. The van der Waals surface area contributed by atoms with Crippen LogP contribution in [0.1, 0.15) is 47.8 Å². The van der Waals surface area contributed by atoms with Crippen molar-refractivity contribution < 1.29 is 19.7 Å². The van der Waals surface area contributed by atoms with E-state index in [1.54, 1.807) is 59.5 Å². The van der Waals surface area contributed by atoms with Gasteiger partial charge >= 0.3 is 0 Å². The second-order valence-electron chi connectivity index (χ2n) is 11.7. The van der Waals surface area contributed by atoms with Gasteiger partial charge < -0.3 is 19.7 Å². The second-order valence-corrected chi connectivity index (χ2v) is 12.6. The maximum absolute atomic E-state index is 10.5. The topological polar surface area (TPSA) is 120 Å². The largest absolute Gasteiger partial charge is 0.486 e. The molecular weight excluding hydrogens is 567 g/mol. The number of aromatic nitrogens is 6. The van der Waals surface area contributed by atoms with Crippen molar-refractivity contribution in [3.63, 3.8) is 0 Å². The van der Waals surface area contributed by atoms with E-state index in [-0.39, 0.29) is 10.8 Å². The molecule has 0 fully saturated rings. The van der Waals surface area contributed by atoms with Crippen molar-refractivity contribution >= 4 is 23.2 Å². The highest BCUT2D eigenvalue weighted by Gasteiger charge is 2.34. The molecule has 0 bridgehead atoms. The summed E-state index contributed by atoms with van der Waals surface area (Å²) < 4.78 is 14.9. The highest BCUT2D eigenvalue weighted by molar-refractivity contribution is 6.30. The predicted octanol–water partition coefficient (Wildman–Crippen LogP) is 5.70. The van der Waals surface area contributed by atoms with Gasteiger partial charge in [-0.05, 0) is 59.4 Å². The lowest BCUT2D eigenvalue weighted by Crippen LogP contribution is -2.43. The van der Waals surface area contributed by atoms with Crippen molar-refractivity contribution in [2.75, 3.05) is 0 Å². The fraction of sp³-hybridized carbons (Fsp3) is 0.448. The monoisotopic (exact) mass is 604 g/mol. The van der Waals surface area contributed by atoms with Crippen LogP contribution in [0.15, 0.2) is 73.8 Å². The summed E-state index contributed by atoms with van der Waals surface area (Å²) in [6.07, 6.45) is 3.50. The van der Waals surface area contributed by atoms with Gasteiger partial charge in [-0.15, -0.1) is 0 Å². The Kier molecular flexibility index (Phi) is 11.1. The smallest absolute Gasteiger partial charge is 0.219 e. The van der Waals surface area contributed by atoms with Crippen molar-refractivity contribution in [3.8, 4) is 11.5 Å². The average molecular weight is 606 g/mol. The van der Waals surface area contributed by atoms with Gasteiger partial charge in [0, 0.05) is 10.0 Å². The van der Waals surface area contributed by atoms with Crippen molar-refractivity contribution in [1.82, 2.24) is 29.5 Å². The normalized spacial score (nSPS) is 14.8. The van der Waals surface area contributed by atoms with Gasteiger partial charge in [0.2, 0.25) is 6.23 Å². The molecule has 2 heterocycles. The molecule has 0 amide bonds. The third-order valence-electron chi connectivity index (χ3n) is 6.10. The van der Waals surface area contributed by atoms with Gasteiger partial charge in [-0.3, -0.25) is 0 Å². The van der Waals surface area contributed by atoms with Crippen LogP contribution in [0.3, 0.4) is 0 Å². The maximum atomic E-state index is 10.5. The van der Waals surface area contributed by atoms with E-state index in [9.17, 15) is 10.2 Å². The molecule has 0 saturated carbocycles. The van der Waals surface area contributed by atoms with Gasteiger partial charge in [0.25, 0.3) is 0 Å². The van der Waals surface area contributed by atoms with E-state index in [0.29, 0.717) is 28.1 Å². The van der Waals surface area contributed by atoms with Crippen LogP contribution in [0, 0.1) is 10.8 Å². The van der Waals surface area contributed by atoms with Crippen molar-refractivity contribution in [2.24, 2.45) is 10.8 Å². The molecule has 0 aliphatic heterocycles. The second kappa shape index (κ2) is 14.1. The third kappa shape index (κ3) is 10.00.